The highest BCUT2D eigenvalue weighted by Gasteiger charge is 2.37. The van der Waals surface area contributed by atoms with Gasteiger partial charge in [-0.25, -0.2) is 13.4 Å². The fourth-order valence-electron chi connectivity index (χ4n) is 1.31. The minimum Gasteiger partial charge on any atom is -0.411 e. The molecule has 5 nitrogen and oxygen atoms in total. The van der Waals surface area contributed by atoms with E-state index in [1.54, 1.807) is 13.8 Å². The molecule has 0 saturated carbocycles. The third-order valence-corrected chi connectivity index (χ3v) is 10.7. The summed E-state index contributed by atoms with van der Waals surface area (Å²) in [5.74, 6) is 0. The summed E-state index contributed by atoms with van der Waals surface area (Å²) in [6.07, 6.45) is 0. The smallest absolute Gasteiger partial charge is 0.192 e. The third-order valence-electron chi connectivity index (χ3n) is 3.74. The first-order valence-electron chi connectivity index (χ1n) is 6.76. The second-order valence-corrected chi connectivity index (χ2v) is 14.2. The topological polar surface area (TPSA) is 76.5 Å². The van der Waals surface area contributed by atoms with Gasteiger partial charge in [0.15, 0.2) is 19.0 Å². The lowest BCUT2D eigenvalue weighted by atomic mass is 10.2. The van der Waals surface area contributed by atoms with Crippen molar-refractivity contribution in [1.82, 2.24) is 4.98 Å². The monoisotopic (exact) mass is 351 g/mol. The number of aromatic nitrogens is 1. The molecule has 0 saturated heterocycles. The Morgan fingerprint density at radius 1 is 1.24 bits per heavy atom. The molecular weight excluding hydrogens is 326 g/mol. The van der Waals surface area contributed by atoms with Crippen LogP contribution >= 0.6 is 11.3 Å². The van der Waals surface area contributed by atoms with Crippen molar-refractivity contribution in [3.8, 4) is 0 Å². The molecule has 0 bridgehead atoms. The second-order valence-electron chi connectivity index (χ2n) is 7.14. The summed E-state index contributed by atoms with van der Waals surface area (Å²) in [4.78, 5) is 4.27. The van der Waals surface area contributed by atoms with Crippen LogP contribution in [0, 0.1) is 0 Å². The van der Waals surface area contributed by atoms with Gasteiger partial charge < -0.3 is 9.53 Å². The van der Waals surface area contributed by atoms with Crippen LogP contribution in [0.25, 0.3) is 0 Å². The van der Waals surface area contributed by atoms with Crippen LogP contribution in [0.1, 0.15) is 45.3 Å². The van der Waals surface area contributed by atoms with Crippen molar-refractivity contribution in [3.05, 3.63) is 10.7 Å². The molecule has 0 unspecified atom stereocenters. The Balaban J connectivity index is 3.06. The quantitative estimate of drug-likeness (QED) is 0.630. The van der Waals surface area contributed by atoms with Crippen LogP contribution in [-0.4, -0.2) is 26.8 Å². The first kappa shape index (κ1) is 18.8. The molecule has 0 atom stereocenters. The molecule has 1 heterocycles. The average Bonchev–Trinajstić information content (AvgIpc) is 2.68. The zero-order chi connectivity index (χ0) is 16.6. The Labute approximate surface area is 133 Å². The molecule has 0 fully saturated rings. The lowest BCUT2D eigenvalue weighted by molar-refractivity contribution is 0.0779. The van der Waals surface area contributed by atoms with E-state index >= 15 is 0 Å². The summed E-state index contributed by atoms with van der Waals surface area (Å²) in [5.41, 5.74) is -0.752. The number of hydrogen-bond donors (Lipinski definition) is 2. The van der Waals surface area contributed by atoms with Crippen LogP contribution in [0.4, 0.5) is 0 Å². The predicted octanol–water partition coefficient (Wildman–Crippen LogP) is 2.86. The fraction of sp³-hybridized carbons (Fsp3) is 0.769. The Kier molecular flexibility index (Phi) is 5.43. The van der Waals surface area contributed by atoms with Gasteiger partial charge in [-0.2, -0.15) is 0 Å². The Hall–Kier alpha value is -0.283. The molecule has 0 amide bonds. The van der Waals surface area contributed by atoms with E-state index in [9.17, 15) is 13.5 Å². The van der Waals surface area contributed by atoms with Gasteiger partial charge in [-0.1, -0.05) is 20.8 Å². The first-order chi connectivity index (χ1) is 9.25. The van der Waals surface area contributed by atoms with Gasteiger partial charge in [0.05, 0.1) is 12.3 Å². The largest absolute Gasteiger partial charge is 0.411 e. The van der Waals surface area contributed by atoms with Crippen LogP contribution in [0.15, 0.2) is 4.21 Å². The standard InChI is InChI=1S/C13H25NO4S2Si/c1-12(2,3)21(6,7)18-8-9-10(20(16)17)19-11(14-9)13(4,5)15/h15,20H,8H2,1-7H3. The van der Waals surface area contributed by atoms with E-state index in [-0.39, 0.29) is 15.9 Å². The molecule has 0 aliphatic rings. The molecule has 8 heteroatoms. The van der Waals surface area contributed by atoms with E-state index in [2.05, 4.69) is 38.8 Å². The molecule has 0 aliphatic heterocycles. The third kappa shape index (κ3) is 4.59. The van der Waals surface area contributed by atoms with Crippen molar-refractivity contribution < 1.29 is 18.0 Å². The van der Waals surface area contributed by atoms with E-state index in [0.717, 1.165) is 11.3 Å². The average molecular weight is 352 g/mol. The summed E-state index contributed by atoms with van der Waals surface area (Å²) < 4.78 is 28.9. The summed E-state index contributed by atoms with van der Waals surface area (Å²) in [5, 5.41) is 10.4. The normalized spacial score (nSPS) is 14.0. The lowest BCUT2D eigenvalue weighted by Crippen LogP contribution is -2.40. The predicted molar refractivity (Wildman–Crippen MR) is 87.9 cm³/mol. The number of thiazole rings is 1. The van der Waals surface area contributed by atoms with E-state index < -0.39 is 24.6 Å². The maximum absolute atomic E-state index is 11.4. The Morgan fingerprint density at radius 3 is 2.14 bits per heavy atom. The highest BCUT2D eigenvalue weighted by atomic mass is 32.2. The van der Waals surface area contributed by atoms with Crippen molar-refractivity contribution >= 4 is 30.4 Å². The molecular formula is C13H25NO4S2Si. The highest BCUT2D eigenvalue weighted by Crippen LogP contribution is 2.38. The van der Waals surface area contributed by atoms with Gasteiger partial charge in [-0.15, -0.1) is 11.3 Å². The van der Waals surface area contributed by atoms with Crippen molar-refractivity contribution in [1.29, 1.82) is 0 Å². The van der Waals surface area contributed by atoms with Gasteiger partial charge in [0.25, 0.3) is 0 Å². The zero-order valence-corrected chi connectivity index (χ0v) is 16.4. The minimum absolute atomic E-state index is 0.0436. The van der Waals surface area contributed by atoms with Gasteiger partial charge in [-0.3, -0.25) is 0 Å². The summed E-state index contributed by atoms with van der Waals surface area (Å²) in [6.45, 7) is 13.9. The van der Waals surface area contributed by atoms with Crippen LogP contribution < -0.4 is 0 Å². The Morgan fingerprint density at radius 2 is 1.76 bits per heavy atom. The van der Waals surface area contributed by atoms with E-state index in [4.69, 9.17) is 4.43 Å². The zero-order valence-electron chi connectivity index (χ0n) is 13.7. The second kappa shape index (κ2) is 6.08. The molecule has 0 radical (unpaired) electrons. The van der Waals surface area contributed by atoms with Crippen LogP contribution in [-0.2, 0) is 27.3 Å². The lowest BCUT2D eigenvalue weighted by Gasteiger charge is -2.35. The number of thiol groups is 1. The number of hydrogen-bond acceptors (Lipinski definition) is 6. The molecule has 1 aromatic rings. The van der Waals surface area contributed by atoms with Crippen LogP contribution in [0.3, 0.4) is 0 Å². The fourth-order valence-corrected chi connectivity index (χ4v) is 3.93. The van der Waals surface area contributed by atoms with Gasteiger partial charge in [0.1, 0.15) is 14.8 Å². The molecule has 0 spiro atoms. The van der Waals surface area contributed by atoms with Gasteiger partial charge in [-0.05, 0) is 32.0 Å². The number of rotatable bonds is 5. The summed E-state index contributed by atoms with van der Waals surface area (Å²) >= 11 is 1.01. The van der Waals surface area contributed by atoms with Crippen LogP contribution in [0.5, 0.6) is 0 Å². The summed E-state index contributed by atoms with van der Waals surface area (Å²) in [6, 6.07) is 0. The highest BCUT2D eigenvalue weighted by molar-refractivity contribution is 7.75. The van der Waals surface area contributed by atoms with E-state index in [0.29, 0.717) is 10.7 Å². The molecule has 1 N–H and O–H groups in total. The van der Waals surface area contributed by atoms with E-state index in [1.165, 1.54) is 0 Å². The van der Waals surface area contributed by atoms with Crippen molar-refractivity contribution in [2.24, 2.45) is 0 Å². The van der Waals surface area contributed by atoms with Crippen molar-refractivity contribution in [3.63, 3.8) is 0 Å². The van der Waals surface area contributed by atoms with E-state index in [1.807, 2.05) is 0 Å². The SMILES string of the molecule is CC(C)(O)c1nc(CO[Si](C)(C)C(C)(C)C)c([SH](=O)=O)s1. The maximum atomic E-state index is 11.4. The maximum Gasteiger partial charge on any atom is 0.192 e. The van der Waals surface area contributed by atoms with Crippen LogP contribution in [0.2, 0.25) is 18.1 Å². The molecule has 21 heavy (non-hydrogen) atoms. The van der Waals surface area contributed by atoms with Gasteiger partial charge in [0, 0.05) is 0 Å². The number of aliphatic hydroxyl groups is 1. The number of nitrogens with zero attached hydrogens (tertiary/aromatic N) is 1. The van der Waals surface area contributed by atoms with Crippen molar-refractivity contribution in [2.75, 3.05) is 0 Å². The van der Waals surface area contributed by atoms with Crippen molar-refractivity contribution in [2.45, 2.75) is 69.2 Å². The molecule has 1 rings (SSSR count). The molecule has 0 aromatic carbocycles. The molecule has 122 valence electrons. The Bertz CT molecular complexity index is 572. The molecule has 0 aliphatic carbocycles. The minimum atomic E-state index is -2.74. The van der Waals surface area contributed by atoms with Gasteiger partial charge in [0.2, 0.25) is 0 Å². The van der Waals surface area contributed by atoms with Gasteiger partial charge >= 0.3 is 0 Å². The first-order valence-corrected chi connectivity index (χ1v) is 11.7. The summed E-state index contributed by atoms with van der Waals surface area (Å²) in [7, 11) is -4.71. The molecule has 1 aromatic heterocycles.